The van der Waals surface area contributed by atoms with Crippen molar-refractivity contribution in [3.8, 4) is 0 Å². The standard InChI is InChI=1S/C24H36O7/c1-11-8-18-21-20-16(7-12(2)22(21)30-15(5)26)13(3)10-28-24(6,23(20)31-18)19(9-17(11)27)29-14(4)25/h12-13,16-23,27H,1,7-10H2,2-6H3/t12-,13+,16?,17+,18+,19-,20+,21+,22-,23+,24+/m1/s1. The molecular formula is C24H36O7. The third-order valence-electron chi connectivity index (χ3n) is 8.20. The van der Waals surface area contributed by atoms with E-state index in [1.807, 2.05) is 6.92 Å². The summed E-state index contributed by atoms with van der Waals surface area (Å²) in [6.45, 7) is 13.7. The molecule has 11 atom stereocenters. The lowest BCUT2D eigenvalue weighted by atomic mass is 9.59. The minimum Gasteiger partial charge on any atom is -0.462 e. The summed E-state index contributed by atoms with van der Waals surface area (Å²) in [5.41, 5.74) is -0.270. The summed E-state index contributed by atoms with van der Waals surface area (Å²) in [5, 5.41) is 10.9. The van der Waals surface area contributed by atoms with Crippen LogP contribution >= 0.6 is 0 Å². The van der Waals surface area contributed by atoms with E-state index in [0.717, 1.165) is 6.42 Å². The number of esters is 2. The molecule has 4 aliphatic rings. The predicted octanol–water partition coefficient (Wildman–Crippen LogP) is 2.64. The van der Waals surface area contributed by atoms with Gasteiger partial charge < -0.3 is 24.1 Å². The Morgan fingerprint density at radius 2 is 1.77 bits per heavy atom. The van der Waals surface area contributed by atoms with Crippen molar-refractivity contribution in [3.05, 3.63) is 12.2 Å². The molecule has 3 saturated heterocycles. The van der Waals surface area contributed by atoms with E-state index < -0.39 is 23.8 Å². The predicted molar refractivity (Wildman–Crippen MR) is 112 cm³/mol. The van der Waals surface area contributed by atoms with Crippen LogP contribution in [0.1, 0.15) is 53.9 Å². The maximum atomic E-state index is 12.0. The first-order valence-corrected chi connectivity index (χ1v) is 11.5. The SMILES string of the molecule is C=C1C[C@@H]2O[C@H]3[C@H]4C(C[C@@H](C)[C@@H](OC(C)=O)[C@H]42)[C@@H](C)CO[C@@]3(C)[C@H](OC(C)=O)C[C@@H]1O. The molecule has 0 radical (unpaired) electrons. The van der Waals surface area contributed by atoms with Crippen LogP contribution in [0, 0.1) is 29.6 Å². The molecule has 1 unspecified atom stereocenters. The van der Waals surface area contributed by atoms with Crippen LogP contribution in [0.2, 0.25) is 0 Å². The number of hydrogen-bond acceptors (Lipinski definition) is 7. The van der Waals surface area contributed by atoms with Gasteiger partial charge >= 0.3 is 11.9 Å². The van der Waals surface area contributed by atoms with E-state index in [-0.39, 0.29) is 54.4 Å². The van der Waals surface area contributed by atoms with Gasteiger partial charge in [-0.1, -0.05) is 20.4 Å². The van der Waals surface area contributed by atoms with Gasteiger partial charge in [0.1, 0.15) is 17.8 Å². The van der Waals surface area contributed by atoms with Crippen LogP contribution in [-0.4, -0.2) is 59.8 Å². The summed E-state index contributed by atoms with van der Waals surface area (Å²) in [5.74, 6) is 0.201. The molecule has 0 aromatic heterocycles. The first-order chi connectivity index (χ1) is 14.5. The van der Waals surface area contributed by atoms with E-state index in [1.165, 1.54) is 13.8 Å². The number of fused-ring (bicyclic) bond motifs is 2. The molecule has 3 heterocycles. The second-order valence-electron chi connectivity index (χ2n) is 10.4. The van der Waals surface area contributed by atoms with Crippen LogP contribution in [0.3, 0.4) is 0 Å². The van der Waals surface area contributed by atoms with Gasteiger partial charge in [0.05, 0.1) is 24.9 Å². The number of carbonyl (C=O) groups is 2. The molecule has 174 valence electrons. The number of ether oxygens (including phenoxy) is 4. The summed E-state index contributed by atoms with van der Waals surface area (Å²) >= 11 is 0. The summed E-state index contributed by atoms with van der Waals surface area (Å²) in [6, 6.07) is 0. The normalized spacial score (nSPS) is 49.3. The topological polar surface area (TPSA) is 91.3 Å². The van der Waals surface area contributed by atoms with Crippen molar-refractivity contribution in [1.29, 1.82) is 0 Å². The van der Waals surface area contributed by atoms with Crippen molar-refractivity contribution in [1.82, 2.24) is 0 Å². The zero-order valence-corrected chi connectivity index (χ0v) is 19.2. The molecule has 7 nitrogen and oxygen atoms in total. The number of rotatable bonds is 2. The lowest BCUT2D eigenvalue weighted by Crippen LogP contribution is -2.57. The quantitative estimate of drug-likeness (QED) is 0.526. The molecule has 1 saturated carbocycles. The molecule has 0 aromatic carbocycles. The molecule has 2 bridgehead atoms. The molecule has 7 heteroatoms. The monoisotopic (exact) mass is 436 g/mol. The highest BCUT2D eigenvalue weighted by Crippen LogP contribution is 2.58. The Hall–Kier alpha value is -1.44. The fourth-order valence-electron chi connectivity index (χ4n) is 6.72. The summed E-state index contributed by atoms with van der Waals surface area (Å²) in [6.07, 6.45) is -0.711. The van der Waals surface area contributed by atoms with Crippen molar-refractivity contribution in [2.45, 2.75) is 90.0 Å². The summed E-state index contributed by atoms with van der Waals surface area (Å²) < 4.78 is 24.8. The van der Waals surface area contributed by atoms with E-state index in [0.29, 0.717) is 24.5 Å². The van der Waals surface area contributed by atoms with Gasteiger partial charge in [0, 0.05) is 32.1 Å². The number of carbonyl (C=O) groups excluding carboxylic acids is 2. The van der Waals surface area contributed by atoms with Crippen LogP contribution in [0.15, 0.2) is 12.2 Å². The second-order valence-corrected chi connectivity index (χ2v) is 10.4. The van der Waals surface area contributed by atoms with E-state index in [1.54, 1.807) is 0 Å². The Kier molecular flexibility index (Phi) is 5.99. The van der Waals surface area contributed by atoms with Gasteiger partial charge in [0.2, 0.25) is 0 Å². The molecule has 1 aliphatic carbocycles. The van der Waals surface area contributed by atoms with Gasteiger partial charge in [-0.3, -0.25) is 9.59 Å². The molecule has 0 spiro atoms. The molecule has 31 heavy (non-hydrogen) atoms. The first kappa shape index (κ1) is 22.7. The smallest absolute Gasteiger partial charge is 0.303 e. The van der Waals surface area contributed by atoms with Crippen molar-refractivity contribution in [3.63, 3.8) is 0 Å². The van der Waals surface area contributed by atoms with Crippen LogP contribution in [0.4, 0.5) is 0 Å². The van der Waals surface area contributed by atoms with Gasteiger partial charge in [-0.2, -0.15) is 0 Å². The third-order valence-corrected chi connectivity index (χ3v) is 8.20. The third kappa shape index (κ3) is 3.83. The van der Waals surface area contributed by atoms with E-state index in [2.05, 4.69) is 20.4 Å². The average Bonchev–Trinajstić information content (AvgIpc) is 3.02. The Morgan fingerprint density at radius 1 is 1.10 bits per heavy atom. The lowest BCUT2D eigenvalue weighted by Gasteiger charge is -2.47. The molecule has 1 N–H and O–H groups in total. The highest BCUT2D eigenvalue weighted by atomic mass is 16.6. The van der Waals surface area contributed by atoms with E-state index in [9.17, 15) is 14.7 Å². The molecule has 4 fully saturated rings. The van der Waals surface area contributed by atoms with Crippen molar-refractivity contribution < 1.29 is 33.6 Å². The fourth-order valence-corrected chi connectivity index (χ4v) is 6.72. The zero-order valence-electron chi connectivity index (χ0n) is 19.2. The minimum atomic E-state index is -0.917. The van der Waals surface area contributed by atoms with Gasteiger partial charge in [0.25, 0.3) is 0 Å². The largest absolute Gasteiger partial charge is 0.462 e. The van der Waals surface area contributed by atoms with Crippen LogP contribution < -0.4 is 0 Å². The maximum Gasteiger partial charge on any atom is 0.303 e. The Bertz CT molecular complexity index is 750. The molecular weight excluding hydrogens is 400 g/mol. The van der Waals surface area contributed by atoms with Crippen molar-refractivity contribution in [2.75, 3.05) is 6.61 Å². The van der Waals surface area contributed by atoms with Crippen LogP contribution in [0.25, 0.3) is 0 Å². The Labute approximate surface area is 184 Å². The molecule has 4 rings (SSSR count). The molecule has 0 amide bonds. The fraction of sp³-hybridized carbons (Fsp3) is 0.833. The first-order valence-electron chi connectivity index (χ1n) is 11.5. The average molecular weight is 437 g/mol. The maximum absolute atomic E-state index is 12.0. The summed E-state index contributed by atoms with van der Waals surface area (Å²) in [4.78, 5) is 23.9. The number of aliphatic hydroxyl groups excluding tert-OH is 1. The van der Waals surface area contributed by atoms with Gasteiger partial charge in [0.15, 0.2) is 0 Å². The van der Waals surface area contributed by atoms with Crippen LogP contribution in [-0.2, 0) is 28.5 Å². The highest BCUT2D eigenvalue weighted by Gasteiger charge is 2.65. The molecule has 0 aromatic rings. The van der Waals surface area contributed by atoms with E-state index >= 15 is 0 Å². The zero-order chi connectivity index (χ0) is 22.7. The van der Waals surface area contributed by atoms with E-state index in [4.69, 9.17) is 18.9 Å². The van der Waals surface area contributed by atoms with Gasteiger partial charge in [-0.05, 0) is 43.1 Å². The van der Waals surface area contributed by atoms with Crippen LogP contribution in [0.5, 0.6) is 0 Å². The second kappa shape index (κ2) is 8.16. The Morgan fingerprint density at radius 3 is 2.42 bits per heavy atom. The number of hydrogen-bond donors (Lipinski definition) is 1. The van der Waals surface area contributed by atoms with Crippen molar-refractivity contribution >= 4 is 11.9 Å². The minimum absolute atomic E-state index is 0.0221. The highest BCUT2D eigenvalue weighted by molar-refractivity contribution is 5.66. The van der Waals surface area contributed by atoms with Crippen molar-refractivity contribution in [2.24, 2.45) is 29.6 Å². The Balaban J connectivity index is 1.83. The van der Waals surface area contributed by atoms with Gasteiger partial charge in [-0.15, -0.1) is 0 Å². The number of aliphatic hydroxyl groups is 1. The van der Waals surface area contributed by atoms with Gasteiger partial charge in [-0.25, -0.2) is 0 Å². The molecule has 3 aliphatic heterocycles. The lowest BCUT2D eigenvalue weighted by molar-refractivity contribution is -0.204. The summed E-state index contributed by atoms with van der Waals surface area (Å²) in [7, 11) is 0.